The van der Waals surface area contributed by atoms with Crippen LogP contribution in [0.5, 0.6) is 5.75 Å². The normalized spacial score (nSPS) is 15.7. The number of methoxy groups -OCH3 is 1. The topological polar surface area (TPSA) is 87.0 Å². The number of allylic oxidation sites excluding steroid dienone is 2. The molecule has 0 saturated carbocycles. The molecule has 0 radical (unpaired) electrons. The number of thiazole rings is 1. The second-order valence-corrected chi connectivity index (χ2v) is 8.54. The molecule has 1 atom stereocenters. The highest BCUT2D eigenvalue weighted by molar-refractivity contribution is 7.07. The standard InChI is InChI=1S/C26H22N2O5S/c1-16-22(25(31)32-3)23(19-12-14-20(15-13-19)33-17(2)29)28-24(30)21(34-26(28)27-16)11-7-10-18-8-5-4-6-9-18/h4-15,23H,1-3H3/b10-7+,21-11+/t23-/m0/s1. The second-order valence-electron chi connectivity index (χ2n) is 7.53. The number of ether oxygens (including phenoxy) is 2. The van der Waals surface area contributed by atoms with Crippen molar-refractivity contribution in [3.05, 3.63) is 103 Å². The van der Waals surface area contributed by atoms with Gasteiger partial charge in [0.15, 0.2) is 4.80 Å². The molecule has 0 bridgehead atoms. The van der Waals surface area contributed by atoms with E-state index in [4.69, 9.17) is 9.47 Å². The van der Waals surface area contributed by atoms with Crippen LogP contribution in [0, 0.1) is 0 Å². The molecule has 1 aliphatic rings. The Balaban J connectivity index is 1.83. The first-order chi connectivity index (χ1) is 16.4. The zero-order valence-electron chi connectivity index (χ0n) is 18.8. The lowest BCUT2D eigenvalue weighted by atomic mass is 9.96. The van der Waals surface area contributed by atoms with E-state index in [-0.39, 0.29) is 11.1 Å². The zero-order valence-corrected chi connectivity index (χ0v) is 19.7. The molecule has 7 nitrogen and oxygen atoms in total. The van der Waals surface area contributed by atoms with E-state index in [9.17, 15) is 14.4 Å². The maximum absolute atomic E-state index is 13.4. The van der Waals surface area contributed by atoms with Crippen molar-refractivity contribution in [1.82, 2.24) is 4.57 Å². The summed E-state index contributed by atoms with van der Waals surface area (Å²) in [6, 6.07) is 15.7. The van der Waals surface area contributed by atoms with Crippen molar-refractivity contribution in [3.8, 4) is 5.75 Å². The van der Waals surface area contributed by atoms with E-state index >= 15 is 0 Å². The van der Waals surface area contributed by atoms with E-state index in [1.165, 1.54) is 29.9 Å². The molecular formula is C26H22N2O5S. The summed E-state index contributed by atoms with van der Waals surface area (Å²) in [4.78, 5) is 42.4. The molecule has 2 aromatic carbocycles. The lowest BCUT2D eigenvalue weighted by Gasteiger charge is -2.24. The Hall–Kier alpha value is -4.04. The van der Waals surface area contributed by atoms with Crippen LogP contribution in [0.25, 0.3) is 12.2 Å². The van der Waals surface area contributed by atoms with Crippen LogP contribution in [0.3, 0.4) is 0 Å². The van der Waals surface area contributed by atoms with Gasteiger partial charge in [0.25, 0.3) is 5.56 Å². The van der Waals surface area contributed by atoms with Gasteiger partial charge >= 0.3 is 11.9 Å². The van der Waals surface area contributed by atoms with E-state index in [1.807, 2.05) is 42.5 Å². The molecule has 1 aromatic heterocycles. The molecule has 3 aromatic rings. The highest BCUT2D eigenvalue weighted by atomic mass is 32.1. The molecule has 2 heterocycles. The van der Waals surface area contributed by atoms with Gasteiger partial charge in [0, 0.05) is 6.92 Å². The van der Waals surface area contributed by atoms with Gasteiger partial charge in [-0.1, -0.05) is 66.0 Å². The fraction of sp³-hybridized carbons (Fsp3) is 0.154. The van der Waals surface area contributed by atoms with Crippen molar-refractivity contribution in [1.29, 1.82) is 0 Å². The Bertz CT molecular complexity index is 1480. The molecule has 172 valence electrons. The molecule has 0 aliphatic carbocycles. The number of aromatic nitrogens is 1. The first kappa shape index (κ1) is 23.1. The number of hydrogen-bond acceptors (Lipinski definition) is 7. The van der Waals surface area contributed by atoms with Gasteiger partial charge in [-0.15, -0.1) is 0 Å². The summed E-state index contributed by atoms with van der Waals surface area (Å²) < 4.78 is 12.1. The number of nitrogens with zero attached hydrogens (tertiary/aromatic N) is 2. The SMILES string of the molecule is COC(=O)C1=C(C)N=c2s/c(=C/C=C/c3ccccc3)c(=O)n2[C@H]1c1ccc(OC(C)=O)cc1. The molecule has 0 amide bonds. The first-order valence-corrected chi connectivity index (χ1v) is 11.3. The molecule has 0 saturated heterocycles. The minimum absolute atomic E-state index is 0.260. The number of benzene rings is 2. The predicted octanol–water partition coefficient (Wildman–Crippen LogP) is 3.00. The van der Waals surface area contributed by atoms with E-state index in [0.29, 0.717) is 26.3 Å². The van der Waals surface area contributed by atoms with E-state index in [2.05, 4.69) is 4.99 Å². The van der Waals surface area contributed by atoms with E-state index in [1.54, 1.807) is 37.3 Å². The molecule has 4 rings (SSSR count). The van der Waals surface area contributed by atoms with Gasteiger partial charge in [0.1, 0.15) is 5.75 Å². The highest BCUT2D eigenvalue weighted by Crippen LogP contribution is 2.31. The highest BCUT2D eigenvalue weighted by Gasteiger charge is 2.33. The molecule has 1 aliphatic heterocycles. The minimum atomic E-state index is -0.727. The average molecular weight is 475 g/mol. The van der Waals surface area contributed by atoms with Crippen LogP contribution in [0.15, 0.2) is 81.7 Å². The van der Waals surface area contributed by atoms with Crippen molar-refractivity contribution in [2.45, 2.75) is 19.9 Å². The molecule has 0 N–H and O–H groups in total. The molecule has 0 fully saturated rings. The van der Waals surface area contributed by atoms with Crippen molar-refractivity contribution in [2.24, 2.45) is 4.99 Å². The lowest BCUT2D eigenvalue weighted by molar-refractivity contribution is -0.136. The maximum atomic E-state index is 13.4. The molecule has 0 unspecified atom stereocenters. The van der Waals surface area contributed by atoms with Gasteiger partial charge in [0.2, 0.25) is 0 Å². The van der Waals surface area contributed by atoms with Crippen LogP contribution >= 0.6 is 11.3 Å². The number of fused-ring (bicyclic) bond motifs is 1. The molecule has 0 spiro atoms. The molecule has 34 heavy (non-hydrogen) atoms. The fourth-order valence-electron chi connectivity index (χ4n) is 3.72. The molecule has 8 heteroatoms. The van der Waals surface area contributed by atoms with Crippen LogP contribution in [0.1, 0.15) is 31.0 Å². The Labute approximate surface area is 199 Å². The lowest BCUT2D eigenvalue weighted by Crippen LogP contribution is -2.39. The zero-order chi connectivity index (χ0) is 24.2. The monoisotopic (exact) mass is 474 g/mol. The Kier molecular flexibility index (Phi) is 6.70. The number of carbonyl (C=O) groups excluding carboxylic acids is 2. The summed E-state index contributed by atoms with van der Waals surface area (Å²) in [6.07, 6.45) is 5.47. The Morgan fingerprint density at radius 2 is 1.79 bits per heavy atom. The van der Waals surface area contributed by atoms with Gasteiger partial charge in [-0.3, -0.25) is 14.2 Å². The molecular weight excluding hydrogens is 452 g/mol. The van der Waals surface area contributed by atoms with Gasteiger partial charge in [-0.2, -0.15) is 0 Å². The van der Waals surface area contributed by atoms with Crippen LogP contribution < -0.4 is 19.6 Å². The van der Waals surface area contributed by atoms with Crippen LogP contribution in [0.4, 0.5) is 0 Å². The van der Waals surface area contributed by atoms with Gasteiger partial charge in [0.05, 0.1) is 29.0 Å². The quantitative estimate of drug-likeness (QED) is 0.419. The van der Waals surface area contributed by atoms with E-state index < -0.39 is 18.0 Å². The Morgan fingerprint density at radius 3 is 2.44 bits per heavy atom. The van der Waals surface area contributed by atoms with Crippen LogP contribution in [0.2, 0.25) is 0 Å². The summed E-state index contributed by atoms with van der Waals surface area (Å²) in [5, 5.41) is 0. The smallest absolute Gasteiger partial charge is 0.338 e. The van der Waals surface area contributed by atoms with Crippen LogP contribution in [-0.2, 0) is 14.3 Å². The van der Waals surface area contributed by atoms with Crippen molar-refractivity contribution >= 4 is 35.4 Å². The van der Waals surface area contributed by atoms with Crippen molar-refractivity contribution < 1.29 is 19.1 Å². The van der Waals surface area contributed by atoms with Gasteiger partial charge in [-0.25, -0.2) is 9.79 Å². The first-order valence-electron chi connectivity index (χ1n) is 10.5. The average Bonchev–Trinajstić information content (AvgIpc) is 3.13. The number of esters is 2. The minimum Gasteiger partial charge on any atom is -0.466 e. The fourth-order valence-corrected chi connectivity index (χ4v) is 4.72. The summed E-state index contributed by atoms with van der Waals surface area (Å²) >= 11 is 1.25. The third-order valence-electron chi connectivity index (χ3n) is 5.22. The predicted molar refractivity (Wildman–Crippen MR) is 130 cm³/mol. The van der Waals surface area contributed by atoms with Gasteiger partial charge < -0.3 is 9.47 Å². The van der Waals surface area contributed by atoms with E-state index in [0.717, 1.165) is 5.56 Å². The van der Waals surface area contributed by atoms with Gasteiger partial charge in [-0.05, 0) is 36.3 Å². The second kappa shape index (κ2) is 9.84. The summed E-state index contributed by atoms with van der Waals surface area (Å²) in [6.45, 7) is 3.04. The third-order valence-corrected chi connectivity index (χ3v) is 6.22. The number of carbonyl (C=O) groups is 2. The van der Waals surface area contributed by atoms with Crippen molar-refractivity contribution in [2.75, 3.05) is 7.11 Å². The number of hydrogen-bond donors (Lipinski definition) is 0. The third kappa shape index (κ3) is 4.67. The largest absolute Gasteiger partial charge is 0.466 e. The summed E-state index contributed by atoms with van der Waals surface area (Å²) in [7, 11) is 1.29. The summed E-state index contributed by atoms with van der Waals surface area (Å²) in [5.74, 6) is -0.626. The number of rotatable bonds is 5. The Morgan fingerprint density at radius 1 is 1.09 bits per heavy atom. The summed E-state index contributed by atoms with van der Waals surface area (Å²) in [5.41, 5.74) is 2.18. The van der Waals surface area contributed by atoms with Crippen LogP contribution in [-0.4, -0.2) is 23.6 Å². The van der Waals surface area contributed by atoms with Crippen molar-refractivity contribution in [3.63, 3.8) is 0 Å². The maximum Gasteiger partial charge on any atom is 0.338 e.